The lowest BCUT2D eigenvalue weighted by Gasteiger charge is -2.11. The van der Waals surface area contributed by atoms with Gasteiger partial charge in [-0.25, -0.2) is 4.98 Å². The van der Waals surface area contributed by atoms with Crippen LogP contribution in [0.25, 0.3) is 0 Å². The zero-order chi connectivity index (χ0) is 13.3. The second-order valence-electron chi connectivity index (χ2n) is 4.09. The number of nitrogens with one attached hydrogen (secondary N) is 1. The van der Waals surface area contributed by atoms with Crippen molar-refractivity contribution in [2.24, 2.45) is 7.05 Å². The minimum absolute atomic E-state index is 0.148. The Labute approximate surface area is 109 Å². The van der Waals surface area contributed by atoms with Crippen LogP contribution in [0, 0.1) is 6.92 Å². The van der Waals surface area contributed by atoms with Crippen LogP contribution < -0.4 is 11.1 Å². The number of amides is 1. The Balaban J connectivity index is 2.13. The molecule has 0 aliphatic rings. The molecule has 1 amide bonds. The molecule has 0 spiro atoms. The maximum absolute atomic E-state index is 12.1. The predicted octanol–water partition coefficient (Wildman–Crippen LogP) is 1.26. The Morgan fingerprint density at radius 2 is 2.33 bits per heavy atom. The van der Waals surface area contributed by atoms with E-state index >= 15 is 0 Å². The number of aromatic nitrogens is 3. The zero-order valence-corrected chi connectivity index (χ0v) is 11.3. The van der Waals surface area contributed by atoms with E-state index < -0.39 is 0 Å². The van der Waals surface area contributed by atoms with Crippen LogP contribution in [0.3, 0.4) is 0 Å². The highest BCUT2D eigenvalue weighted by atomic mass is 32.1. The van der Waals surface area contributed by atoms with Crippen LogP contribution in [0.2, 0.25) is 0 Å². The van der Waals surface area contributed by atoms with Crippen LogP contribution in [0.1, 0.15) is 34.2 Å². The first-order chi connectivity index (χ1) is 8.49. The number of nitrogen functional groups attached to an aromatic ring is 1. The van der Waals surface area contributed by atoms with Gasteiger partial charge in [0.15, 0.2) is 0 Å². The van der Waals surface area contributed by atoms with Gasteiger partial charge >= 0.3 is 0 Å². The molecule has 1 unspecified atom stereocenters. The van der Waals surface area contributed by atoms with E-state index in [-0.39, 0.29) is 11.9 Å². The van der Waals surface area contributed by atoms with E-state index in [0.29, 0.717) is 11.4 Å². The first kappa shape index (κ1) is 12.6. The summed E-state index contributed by atoms with van der Waals surface area (Å²) in [6, 6.07) is -0.148. The highest BCUT2D eigenvalue weighted by Crippen LogP contribution is 2.18. The summed E-state index contributed by atoms with van der Waals surface area (Å²) < 4.78 is 1.46. The summed E-state index contributed by atoms with van der Waals surface area (Å²) in [6.07, 6.45) is 1.47. The summed E-state index contributed by atoms with van der Waals surface area (Å²) in [4.78, 5) is 16.4. The number of aryl methyl sites for hydroxylation is 2. The van der Waals surface area contributed by atoms with Gasteiger partial charge in [0.25, 0.3) is 5.91 Å². The lowest BCUT2D eigenvalue weighted by atomic mass is 10.3. The molecular weight excluding hydrogens is 250 g/mol. The minimum Gasteiger partial charge on any atom is -0.396 e. The zero-order valence-electron chi connectivity index (χ0n) is 10.5. The van der Waals surface area contributed by atoms with Crippen LogP contribution in [0.15, 0.2) is 11.6 Å². The third-order valence-electron chi connectivity index (χ3n) is 2.54. The topological polar surface area (TPSA) is 85.8 Å². The number of carbonyl (C=O) groups is 1. The predicted molar refractivity (Wildman–Crippen MR) is 70.4 cm³/mol. The smallest absolute Gasteiger partial charge is 0.272 e. The van der Waals surface area contributed by atoms with Gasteiger partial charge in [-0.1, -0.05) is 0 Å². The molecule has 3 N–H and O–H groups in total. The standard InChI is InChI=1S/C11H15N5OS/c1-6-5-18-11(14-6)7(2)15-10(17)9-8(12)4-13-16(9)3/h4-5,7H,12H2,1-3H3,(H,15,17). The molecule has 7 heteroatoms. The van der Waals surface area contributed by atoms with Gasteiger partial charge < -0.3 is 11.1 Å². The Morgan fingerprint density at radius 1 is 1.61 bits per heavy atom. The van der Waals surface area contributed by atoms with Gasteiger partial charge in [0, 0.05) is 18.1 Å². The molecule has 2 aromatic rings. The molecule has 0 radical (unpaired) electrons. The number of carbonyl (C=O) groups excluding carboxylic acids is 1. The number of hydrogen-bond acceptors (Lipinski definition) is 5. The summed E-state index contributed by atoms with van der Waals surface area (Å²) >= 11 is 1.53. The fourth-order valence-corrected chi connectivity index (χ4v) is 2.43. The van der Waals surface area contributed by atoms with E-state index in [0.717, 1.165) is 10.7 Å². The summed E-state index contributed by atoms with van der Waals surface area (Å²) in [6.45, 7) is 3.82. The fourth-order valence-electron chi connectivity index (χ4n) is 1.63. The van der Waals surface area contributed by atoms with Crippen LogP contribution in [0.5, 0.6) is 0 Å². The molecule has 0 fully saturated rings. The quantitative estimate of drug-likeness (QED) is 0.874. The molecule has 6 nitrogen and oxygen atoms in total. The van der Waals surface area contributed by atoms with E-state index in [1.807, 2.05) is 19.2 Å². The van der Waals surface area contributed by atoms with Crippen LogP contribution in [0.4, 0.5) is 5.69 Å². The minimum atomic E-state index is -0.243. The van der Waals surface area contributed by atoms with Gasteiger partial charge in [-0.2, -0.15) is 5.10 Å². The number of rotatable bonds is 3. The molecular formula is C11H15N5OS. The summed E-state index contributed by atoms with van der Waals surface area (Å²) in [5, 5.41) is 9.63. The van der Waals surface area contributed by atoms with Crippen LogP contribution >= 0.6 is 11.3 Å². The molecule has 2 heterocycles. The van der Waals surface area contributed by atoms with Gasteiger partial charge in [-0.15, -0.1) is 11.3 Å². The molecule has 0 saturated carbocycles. The Kier molecular flexibility index (Phi) is 3.33. The average Bonchev–Trinajstić information content (AvgIpc) is 2.85. The van der Waals surface area contributed by atoms with Crippen molar-refractivity contribution in [1.29, 1.82) is 0 Å². The van der Waals surface area contributed by atoms with E-state index in [2.05, 4.69) is 15.4 Å². The molecule has 0 aliphatic heterocycles. The lowest BCUT2D eigenvalue weighted by Crippen LogP contribution is -2.29. The van der Waals surface area contributed by atoms with Crippen LogP contribution in [-0.2, 0) is 7.05 Å². The lowest BCUT2D eigenvalue weighted by molar-refractivity contribution is 0.0931. The van der Waals surface area contributed by atoms with Crippen molar-refractivity contribution in [3.8, 4) is 0 Å². The van der Waals surface area contributed by atoms with Gasteiger partial charge in [0.1, 0.15) is 10.7 Å². The Hall–Kier alpha value is -1.89. The maximum atomic E-state index is 12.1. The van der Waals surface area contributed by atoms with Gasteiger partial charge in [-0.3, -0.25) is 9.48 Å². The number of thiazole rings is 1. The summed E-state index contributed by atoms with van der Waals surface area (Å²) in [5.74, 6) is -0.243. The third-order valence-corrected chi connectivity index (χ3v) is 3.68. The number of nitrogens with zero attached hydrogens (tertiary/aromatic N) is 3. The van der Waals surface area contributed by atoms with Crippen molar-refractivity contribution in [2.45, 2.75) is 19.9 Å². The highest BCUT2D eigenvalue weighted by molar-refractivity contribution is 7.09. The number of anilines is 1. The molecule has 0 bridgehead atoms. The van der Waals surface area contributed by atoms with Gasteiger partial charge in [0.2, 0.25) is 0 Å². The molecule has 2 rings (SSSR count). The maximum Gasteiger partial charge on any atom is 0.272 e. The third kappa shape index (κ3) is 2.35. The normalized spacial score (nSPS) is 12.4. The van der Waals surface area contributed by atoms with E-state index in [1.54, 1.807) is 7.05 Å². The summed E-state index contributed by atoms with van der Waals surface area (Å²) in [7, 11) is 1.68. The molecule has 18 heavy (non-hydrogen) atoms. The second-order valence-corrected chi connectivity index (χ2v) is 4.98. The molecule has 0 aromatic carbocycles. The second kappa shape index (κ2) is 4.77. The first-order valence-electron chi connectivity index (χ1n) is 5.49. The van der Waals surface area contributed by atoms with Gasteiger partial charge in [-0.05, 0) is 13.8 Å². The molecule has 2 aromatic heterocycles. The van der Waals surface area contributed by atoms with Crippen molar-refractivity contribution in [2.75, 3.05) is 5.73 Å². The average molecular weight is 265 g/mol. The van der Waals surface area contributed by atoms with E-state index in [1.165, 1.54) is 22.2 Å². The largest absolute Gasteiger partial charge is 0.396 e. The fraction of sp³-hybridized carbons (Fsp3) is 0.364. The number of nitrogens with two attached hydrogens (primary N) is 1. The van der Waals surface area contributed by atoms with Crippen molar-refractivity contribution in [3.05, 3.63) is 28.0 Å². The SMILES string of the molecule is Cc1csc(C(C)NC(=O)c2c(N)cnn2C)n1. The van der Waals surface area contributed by atoms with E-state index in [4.69, 9.17) is 5.73 Å². The first-order valence-corrected chi connectivity index (χ1v) is 6.37. The molecule has 0 saturated heterocycles. The van der Waals surface area contributed by atoms with Gasteiger partial charge in [0.05, 0.1) is 17.9 Å². The molecule has 0 aliphatic carbocycles. The summed E-state index contributed by atoms with van der Waals surface area (Å²) in [5.41, 5.74) is 7.40. The Bertz CT molecular complexity index is 554. The van der Waals surface area contributed by atoms with E-state index in [9.17, 15) is 4.79 Å². The van der Waals surface area contributed by atoms with Crippen molar-refractivity contribution in [1.82, 2.24) is 20.1 Å². The molecule has 96 valence electrons. The van der Waals surface area contributed by atoms with Crippen LogP contribution in [-0.4, -0.2) is 20.7 Å². The molecule has 1 atom stereocenters. The van der Waals surface area contributed by atoms with Crippen molar-refractivity contribution < 1.29 is 4.79 Å². The monoisotopic (exact) mass is 265 g/mol. The van der Waals surface area contributed by atoms with Crippen molar-refractivity contribution in [3.63, 3.8) is 0 Å². The van der Waals surface area contributed by atoms with Crippen molar-refractivity contribution >= 4 is 22.9 Å². The Morgan fingerprint density at radius 3 is 2.83 bits per heavy atom. The highest BCUT2D eigenvalue weighted by Gasteiger charge is 2.18. The number of hydrogen-bond donors (Lipinski definition) is 2.